The van der Waals surface area contributed by atoms with Crippen LogP contribution >= 0.6 is 0 Å². The standard InChI is InChI=1S/C14H11N3O2/c1-19-12-4-2-3-11(7-12)14-16-15-13-6-5-10(9-18)8-17(13)14/h2-9H,1H3. The lowest BCUT2D eigenvalue weighted by Gasteiger charge is -2.03. The Morgan fingerprint density at radius 2 is 2.11 bits per heavy atom. The molecule has 0 bridgehead atoms. The lowest BCUT2D eigenvalue weighted by Crippen LogP contribution is -1.92. The van der Waals surface area contributed by atoms with Gasteiger partial charge in [0.05, 0.1) is 7.11 Å². The Hall–Kier alpha value is -2.69. The van der Waals surface area contributed by atoms with E-state index in [4.69, 9.17) is 4.74 Å². The molecule has 0 unspecified atom stereocenters. The fourth-order valence-corrected chi connectivity index (χ4v) is 1.94. The van der Waals surface area contributed by atoms with Crippen molar-refractivity contribution in [2.45, 2.75) is 0 Å². The van der Waals surface area contributed by atoms with E-state index in [1.54, 1.807) is 29.8 Å². The maximum absolute atomic E-state index is 10.8. The lowest BCUT2D eigenvalue weighted by molar-refractivity contribution is 0.112. The summed E-state index contributed by atoms with van der Waals surface area (Å²) in [5.74, 6) is 1.43. The molecule has 1 aromatic carbocycles. The monoisotopic (exact) mass is 253 g/mol. The van der Waals surface area contributed by atoms with Crippen LogP contribution in [-0.4, -0.2) is 28.0 Å². The number of nitrogens with zero attached hydrogens (tertiary/aromatic N) is 3. The molecular weight excluding hydrogens is 242 g/mol. The quantitative estimate of drug-likeness (QED) is 0.671. The Bertz CT molecular complexity index is 749. The molecule has 3 aromatic rings. The van der Waals surface area contributed by atoms with Gasteiger partial charge in [-0.25, -0.2) is 0 Å². The Labute approximate surface area is 109 Å². The van der Waals surface area contributed by atoms with Gasteiger partial charge in [0, 0.05) is 17.3 Å². The minimum atomic E-state index is 0.580. The summed E-state index contributed by atoms with van der Waals surface area (Å²) in [7, 11) is 1.62. The molecule has 2 aromatic heterocycles. The zero-order chi connectivity index (χ0) is 13.2. The smallest absolute Gasteiger partial charge is 0.168 e. The molecule has 2 heterocycles. The van der Waals surface area contributed by atoms with Gasteiger partial charge in [-0.2, -0.15) is 0 Å². The lowest BCUT2D eigenvalue weighted by atomic mass is 10.2. The number of rotatable bonds is 3. The molecule has 0 atom stereocenters. The summed E-state index contributed by atoms with van der Waals surface area (Å²) >= 11 is 0. The second-order valence-electron chi connectivity index (χ2n) is 4.06. The third-order valence-corrected chi connectivity index (χ3v) is 2.89. The number of fused-ring (bicyclic) bond motifs is 1. The van der Waals surface area contributed by atoms with Crippen LogP contribution in [0.4, 0.5) is 0 Å². The number of ether oxygens (including phenoxy) is 1. The fourth-order valence-electron chi connectivity index (χ4n) is 1.94. The van der Waals surface area contributed by atoms with Gasteiger partial charge in [-0.1, -0.05) is 12.1 Å². The molecule has 0 aliphatic carbocycles. The van der Waals surface area contributed by atoms with E-state index in [1.165, 1.54) is 0 Å². The van der Waals surface area contributed by atoms with E-state index < -0.39 is 0 Å². The summed E-state index contributed by atoms with van der Waals surface area (Å²) in [5.41, 5.74) is 2.16. The maximum Gasteiger partial charge on any atom is 0.168 e. The minimum Gasteiger partial charge on any atom is -0.497 e. The highest BCUT2D eigenvalue weighted by Gasteiger charge is 2.09. The molecule has 94 valence electrons. The van der Waals surface area contributed by atoms with Crippen LogP contribution in [0.3, 0.4) is 0 Å². The van der Waals surface area contributed by atoms with Crippen LogP contribution in [0.1, 0.15) is 10.4 Å². The van der Waals surface area contributed by atoms with Gasteiger partial charge in [-0.3, -0.25) is 9.20 Å². The SMILES string of the molecule is COc1cccc(-c2nnc3ccc(C=O)cn23)c1. The molecule has 0 saturated heterocycles. The normalized spacial score (nSPS) is 10.6. The first-order valence-corrected chi connectivity index (χ1v) is 5.76. The van der Waals surface area contributed by atoms with Crippen molar-refractivity contribution < 1.29 is 9.53 Å². The third-order valence-electron chi connectivity index (χ3n) is 2.89. The first-order valence-electron chi connectivity index (χ1n) is 5.76. The average molecular weight is 253 g/mol. The van der Waals surface area contributed by atoms with E-state index in [-0.39, 0.29) is 0 Å². The molecule has 0 fully saturated rings. The second kappa shape index (κ2) is 4.53. The maximum atomic E-state index is 10.8. The summed E-state index contributed by atoms with van der Waals surface area (Å²) in [6.45, 7) is 0. The molecule has 3 rings (SSSR count). The number of benzene rings is 1. The molecule has 0 radical (unpaired) electrons. The number of methoxy groups -OCH3 is 1. The van der Waals surface area contributed by atoms with Gasteiger partial charge >= 0.3 is 0 Å². The molecule has 0 aliphatic heterocycles. The summed E-state index contributed by atoms with van der Waals surface area (Å²) in [5, 5.41) is 8.24. The van der Waals surface area contributed by atoms with Gasteiger partial charge in [0.25, 0.3) is 0 Å². The summed E-state index contributed by atoms with van der Waals surface area (Å²) < 4.78 is 6.99. The summed E-state index contributed by atoms with van der Waals surface area (Å²) in [6, 6.07) is 11.0. The Balaban J connectivity index is 2.20. The predicted molar refractivity (Wildman–Crippen MR) is 70.4 cm³/mol. The van der Waals surface area contributed by atoms with Gasteiger partial charge < -0.3 is 4.74 Å². The molecule has 0 N–H and O–H groups in total. The van der Waals surface area contributed by atoms with E-state index in [2.05, 4.69) is 10.2 Å². The first kappa shape index (κ1) is 11.4. The van der Waals surface area contributed by atoms with Crippen molar-refractivity contribution >= 4 is 11.9 Å². The Morgan fingerprint density at radius 1 is 1.21 bits per heavy atom. The van der Waals surface area contributed by atoms with Crippen molar-refractivity contribution in [3.63, 3.8) is 0 Å². The molecule has 0 aliphatic rings. The van der Waals surface area contributed by atoms with Crippen LogP contribution in [-0.2, 0) is 0 Å². The van der Waals surface area contributed by atoms with Gasteiger partial charge in [0.2, 0.25) is 0 Å². The highest BCUT2D eigenvalue weighted by molar-refractivity contribution is 5.75. The molecule has 5 nitrogen and oxygen atoms in total. The van der Waals surface area contributed by atoms with Gasteiger partial charge in [0.15, 0.2) is 17.8 Å². The highest BCUT2D eigenvalue weighted by atomic mass is 16.5. The van der Waals surface area contributed by atoms with E-state index in [0.29, 0.717) is 17.0 Å². The summed E-state index contributed by atoms with van der Waals surface area (Å²) in [6.07, 6.45) is 2.52. The van der Waals surface area contributed by atoms with Crippen molar-refractivity contribution in [3.8, 4) is 17.1 Å². The first-order chi connectivity index (χ1) is 9.31. The highest BCUT2D eigenvalue weighted by Crippen LogP contribution is 2.22. The van der Waals surface area contributed by atoms with Crippen molar-refractivity contribution in [1.29, 1.82) is 0 Å². The number of aldehydes is 1. The Kier molecular flexibility index (Phi) is 2.72. The van der Waals surface area contributed by atoms with Gasteiger partial charge in [-0.05, 0) is 24.3 Å². The number of aromatic nitrogens is 3. The van der Waals surface area contributed by atoms with Crippen molar-refractivity contribution in [3.05, 3.63) is 48.2 Å². The van der Waals surface area contributed by atoms with E-state index in [1.807, 2.05) is 24.3 Å². The Morgan fingerprint density at radius 3 is 2.89 bits per heavy atom. The fraction of sp³-hybridized carbons (Fsp3) is 0.0714. The zero-order valence-corrected chi connectivity index (χ0v) is 10.3. The molecule has 0 saturated carbocycles. The number of carbonyl (C=O) groups is 1. The molecule has 5 heteroatoms. The molecule has 0 spiro atoms. The van der Waals surface area contributed by atoms with Crippen molar-refractivity contribution in [2.75, 3.05) is 7.11 Å². The van der Waals surface area contributed by atoms with E-state index >= 15 is 0 Å². The van der Waals surface area contributed by atoms with E-state index in [0.717, 1.165) is 17.6 Å². The van der Waals surface area contributed by atoms with Crippen molar-refractivity contribution in [2.24, 2.45) is 0 Å². The molecule has 0 amide bonds. The third kappa shape index (κ3) is 1.95. The van der Waals surface area contributed by atoms with Gasteiger partial charge in [0.1, 0.15) is 5.75 Å². The van der Waals surface area contributed by atoms with Crippen LogP contribution in [0.2, 0.25) is 0 Å². The number of hydrogen-bond donors (Lipinski definition) is 0. The number of hydrogen-bond acceptors (Lipinski definition) is 4. The van der Waals surface area contributed by atoms with Crippen LogP contribution in [0.5, 0.6) is 5.75 Å². The van der Waals surface area contributed by atoms with Crippen LogP contribution < -0.4 is 4.74 Å². The van der Waals surface area contributed by atoms with Crippen molar-refractivity contribution in [1.82, 2.24) is 14.6 Å². The van der Waals surface area contributed by atoms with Crippen LogP contribution in [0.15, 0.2) is 42.6 Å². The van der Waals surface area contributed by atoms with Gasteiger partial charge in [-0.15, -0.1) is 10.2 Å². The predicted octanol–water partition coefficient (Wildman–Crippen LogP) is 2.22. The second-order valence-corrected chi connectivity index (χ2v) is 4.06. The zero-order valence-electron chi connectivity index (χ0n) is 10.3. The average Bonchev–Trinajstić information content (AvgIpc) is 2.90. The molecular formula is C14H11N3O2. The topological polar surface area (TPSA) is 56.5 Å². The van der Waals surface area contributed by atoms with E-state index in [9.17, 15) is 4.79 Å². The van der Waals surface area contributed by atoms with Crippen LogP contribution in [0.25, 0.3) is 17.0 Å². The minimum absolute atomic E-state index is 0.580. The largest absolute Gasteiger partial charge is 0.497 e. The summed E-state index contributed by atoms with van der Waals surface area (Å²) in [4.78, 5) is 10.8. The number of carbonyl (C=O) groups excluding carboxylic acids is 1. The number of pyridine rings is 1. The molecule has 19 heavy (non-hydrogen) atoms. The van der Waals surface area contributed by atoms with Crippen LogP contribution in [0, 0.1) is 0 Å².